The zero-order valence-corrected chi connectivity index (χ0v) is 5.80. The maximum Gasteiger partial charge on any atom is 0.0136 e. The molecule has 2 heteroatoms. The van der Waals surface area contributed by atoms with Crippen LogP contribution in [0.25, 0.3) is 0 Å². The predicted octanol–water partition coefficient (Wildman–Crippen LogP) is 1.43. The molecule has 0 aromatic rings. The van der Waals surface area contributed by atoms with Crippen LogP contribution in [0.4, 0.5) is 0 Å². The Labute approximate surface area is 49.2 Å². The number of hydrogen-bond acceptors (Lipinski definition) is 2. The van der Waals surface area contributed by atoms with Crippen molar-refractivity contribution >= 4 is 11.8 Å². The Kier molecular flexibility index (Phi) is 4.00. The molecule has 0 saturated carbocycles. The van der Waals surface area contributed by atoms with Gasteiger partial charge in [0.15, 0.2) is 0 Å². The summed E-state index contributed by atoms with van der Waals surface area (Å²) in [6, 6.07) is 0. The third-order valence-electron chi connectivity index (χ3n) is 0.689. The summed E-state index contributed by atoms with van der Waals surface area (Å²) in [5, 5.41) is 5.08. The van der Waals surface area contributed by atoms with Gasteiger partial charge in [0.2, 0.25) is 0 Å². The molecule has 0 atom stereocenters. The van der Waals surface area contributed by atoms with E-state index in [2.05, 4.69) is 10.7 Å². The lowest BCUT2D eigenvalue weighted by molar-refractivity contribution is 0.996. The fraction of sp³-hybridized carbons (Fsp3) is 0.600. The predicted molar refractivity (Wildman–Crippen MR) is 36.3 cm³/mol. The molecule has 0 radical (unpaired) electrons. The number of nitrogens with one attached hydrogen (secondary N) is 1. The van der Waals surface area contributed by atoms with Gasteiger partial charge in [-0.3, -0.25) is 0 Å². The van der Waals surface area contributed by atoms with Crippen LogP contribution in [0.3, 0.4) is 0 Å². The highest BCUT2D eigenvalue weighted by Crippen LogP contribution is 1.96. The molecule has 0 aromatic carbocycles. The number of rotatable bonds is 2. The molecule has 0 aliphatic carbocycles. The molecule has 0 rings (SSSR count). The van der Waals surface area contributed by atoms with Gasteiger partial charge in [-0.1, -0.05) is 0 Å². The first-order valence-corrected chi connectivity index (χ1v) is 3.47. The van der Waals surface area contributed by atoms with Crippen molar-refractivity contribution in [1.29, 1.82) is 0 Å². The molecular formula is C5H11NS. The molecule has 7 heavy (non-hydrogen) atoms. The molecular weight excluding hydrogens is 106 g/mol. The lowest BCUT2D eigenvalue weighted by Gasteiger charge is -1.93. The second-order valence-corrected chi connectivity index (χ2v) is 1.99. The summed E-state index contributed by atoms with van der Waals surface area (Å²) in [6.45, 7) is 2.04. The minimum atomic E-state index is 1.22. The van der Waals surface area contributed by atoms with E-state index in [0.717, 1.165) is 0 Å². The first-order valence-electron chi connectivity index (χ1n) is 2.18. The zero-order chi connectivity index (χ0) is 5.70. The van der Waals surface area contributed by atoms with Gasteiger partial charge in [-0.25, -0.2) is 0 Å². The van der Waals surface area contributed by atoms with Gasteiger partial charge in [0.25, 0.3) is 0 Å². The molecule has 0 aromatic heterocycles. The SMILES string of the molecule is CN/C(C)=C\SC. The average Bonchev–Trinajstić information content (AvgIpc) is 1.68. The van der Waals surface area contributed by atoms with Crippen LogP contribution in [-0.4, -0.2) is 13.3 Å². The molecule has 0 saturated heterocycles. The van der Waals surface area contributed by atoms with Gasteiger partial charge in [-0.15, -0.1) is 11.8 Å². The summed E-state index contributed by atoms with van der Waals surface area (Å²) in [4.78, 5) is 0. The maximum atomic E-state index is 3.01. The van der Waals surface area contributed by atoms with Crippen molar-refractivity contribution in [3.05, 3.63) is 11.1 Å². The molecule has 1 nitrogen and oxygen atoms in total. The van der Waals surface area contributed by atoms with E-state index < -0.39 is 0 Å². The number of thioether (sulfide) groups is 1. The molecule has 42 valence electrons. The molecule has 0 aliphatic heterocycles. The van der Waals surface area contributed by atoms with Gasteiger partial charge in [-0.05, 0) is 18.6 Å². The lowest BCUT2D eigenvalue weighted by atomic mass is 10.6. The van der Waals surface area contributed by atoms with E-state index in [1.54, 1.807) is 11.8 Å². The summed E-state index contributed by atoms with van der Waals surface area (Å²) < 4.78 is 0. The average molecular weight is 117 g/mol. The van der Waals surface area contributed by atoms with Crippen LogP contribution in [-0.2, 0) is 0 Å². The van der Waals surface area contributed by atoms with Gasteiger partial charge in [0, 0.05) is 12.7 Å². The summed E-state index contributed by atoms with van der Waals surface area (Å²) in [7, 11) is 1.92. The van der Waals surface area contributed by atoms with Crippen LogP contribution >= 0.6 is 11.8 Å². The molecule has 1 N–H and O–H groups in total. The Bertz CT molecular complexity index is 68.5. The minimum absolute atomic E-state index is 1.22. The Hall–Kier alpha value is -0.110. The van der Waals surface area contributed by atoms with Crippen LogP contribution < -0.4 is 5.32 Å². The lowest BCUT2D eigenvalue weighted by Crippen LogP contribution is -1.99. The monoisotopic (exact) mass is 117 g/mol. The Morgan fingerprint density at radius 2 is 2.29 bits per heavy atom. The molecule has 0 aliphatic rings. The Morgan fingerprint density at radius 1 is 1.71 bits per heavy atom. The van der Waals surface area contributed by atoms with E-state index in [1.807, 2.05) is 20.2 Å². The van der Waals surface area contributed by atoms with Crippen molar-refractivity contribution in [2.75, 3.05) is 13.3 Å². The van der Waals surface area contributed by atoms with E-state index >= 15 is 0 Å². The minimum Gasteiger partial charge on any atom is -0.391 e. The molecule has 0 fully saturated rings. The fourth-order valence-corrected chi connectivity index (χ4v) is 0.707. The van der Waals surface area contributed by atoms with Crippen molar-refractivity contribution in [2.24, 2.45) is 0 Å². The third kappa shape index (κ3) is 3.73. The Morgan fingerprint density at radius 3 is 2.43 bits per heavy atom. The highest BCUT2D eigenvalue weighted by atomic mass is 32.2. The van der Waals surface area contributed by atoms with Crippen LogP contribution in [0.15, 0.2) is 11.1 Å². The zero-order valence-electron chi connectivity index (χ0n) is 4.99. The second-order valence-electron chi connectivity index (χ2n) is 1.29. The maximum absolute atomic E-state index is 3.01. The van der Waals surface area contributed by atoms with Crippen molar-refractivity contribution in [2.45, 2.75) is 6.92 Å². The van der Waals surface area contributed by atoms with Crippen LogP contribution in [0.1, 0.15) is 6.92 Å². The summed E-state index contributed by atoms with van der Waals surface area (Å²) in [5.74, 6) is 0. The van der Waals surface area contributed by atoms with Crippen molar-refractivity contribution in [3.63, 3.8) is 0 Å². The van der Waals surface area contributed by atoms with Crippen LogP contribution in [0, 0.1) is 0 Å². The molecule has 0 spiro atoms. The van der Waals surface area contributed by atoms with E-state index in [0.29, 0.717) is 0 Å². The molecule has 0 heterocycles. The van der Waals surface area contributed by atoms with E-state index in [1.165, 1.54) is 5.70 Å². The largest absolute Gasteiger partial charge is 0.391 e. The molecule has 0 amide bonds. The second kappa shape index (κ2) is 4.06. The van der Waals surface area contributed by atoms with Crippen LogP contribution in [0.5, 0.6) is 0 Å². The molecule has 0 bridgehead atoms. The van der Waals surface area contributed by atoms with E-state index in [4.69, 9.17) is 0 Å². The van der Waals surface area contributed by atoms with Gasteiger partial charge in [0.05, 0.1) is 0 Å². The van der Waals surface area contributed by atoms with Gasteiger partial charge in [0.1, 0.15) is 0 Å². The quantitative estimate of drug-likeness (QED) is 0.587. The standard InChI is InChI=1S/C5H11NS/c1-5(6-2)4-7-3/h4,6H,1-3H3/b5-4-. The van der Waals surface area contributed by atoms with Gasteiger partial charge < -0.3 is 5.32 Å². The Balaban J connectivity index is 3.29. The third-order valence-corrected chi connectivity index (χ3v) is 1.28. The van der Waals surface area contributed by atoms with Crippen molar-refractivity contribution in [1.82, 2.24) is 5.32 Å². The van der Waals surface area contributed by atoms with Gasteiger partial charge >= 0.3 is 0 Å². The summed E-state index contributed by atoms with van der Waals surface area (Å²) in [6.07, 6.45) is 2.04. The first kappa shape index (κ1) is 6.89. The first-order chi connectivity index (χ1) is 3.31. The summed E-state index contributed by atoms with van der Waals surface area (Å²) >= 11 is 1.71. The van der Waals surface area contributed by atoms with E-state index in [-0.39, 0.29) is 0 Å². The van der Waals surface area contributed by atoms with Crippen molar-refractivity contribution in [3.8, 4) is 0 Å². The van der Waals surface area contributed by atoms with Crippen molar-refractivity contribution < 1.29 is 0 Å². The fourth-order valence-electron chi connectivity index (χ4n) is 0.236. The highest BCUT2D eigenvalue weighted by molar-refractivity contribution is 8.01. The topological polar surface area (TPSA) is 12.0 Å². The van der Waals surface area contributed by atoms with Gasteiger partial charge in [-0.2, -0.15) is 0 Å². The number of hydrogen-bond donors (Lipinski definition) is 1. The highest BCUT2D eigenvalue weighted by Gasteiger charge is 1.74. The molecule has 0 unspecified atom stereocenters. The van der Waals surface area contributed by atoms with Crippen LogP contribution in [0.2, 0.25) is 0 Å². The smallest absolute Gasteiger partial charge is 0.0136 e. The normalized spacial score (nSPS) is 11.6. The summed E-state index contributed by atoms with van der Waals surface area (Å²) in [5.41, 5.74) is 1.22. The van der Waals surface area contributed by atoms with E-state index in [9.17, 15) is 0 Å². The number of allylic oxidation sites excluding steroid dienone is 1.